The van der Waals surface area contributed by atoms with Crippen LogP contribution in [-0.4, -0.2) is 17.3 Å². The molecule has 4 heteroatoms. The lowest BCUT2D eigenvalue weighted by Gasteiger charge is -2.10. The van der Waals surface area contributed by atoms with Gasteiger partial charge in [-0.2, -0.15) is 0 Å². The van der Waals surface area contributed by atoms with Crippen LogP contribution in [0.1, 0.15) is 11.1 Å². The van der Waals surface area contributed by atoms with E-state index in [1.165, 1.54) is 13.2 Å². The van der Waals surface area contributed by atoms with Crippen molar-refractivity contribution in [2.75, 3.05) is 7.11 Å². The summed E-state index contributed by atoms with van der Waals surface area (Å²) in [6, 6.07) is 1.38. The number of ether oxygens (including phenoxy) is 1. The molecule has 1 rings (SSSR count). The van der Waals surface area contributed by atoms with Crippen LogP contribution < -0.4 is 4.74 Å². The zero-order valence-electron chi connectivity index (χ0n) is 7.47. The summed E-state index contributed by atoms with van der Waals surface area (Å²) in [7, 11) is 1.26. The Morgan fingerprint density at radius 1 is 1.54 bits per heavy atom. The first kappa shape index (κ1) is 9.80. The third-order valence-electron chi connectivity index (χ3n) is 1.84. The van der Waals surface area contributed by atoms with Gasteiger partial charge in [-0.25, -0.2) is 4.39 Å². The zero-order valence-corrected chi connectivity index (χ0v) is 7.47. The minimum Gasteiger partial charge on any atom is -0.504 e. The molecule has 0 spiro atoms. The normalized spacial score (nSPS) is 10.2. The van der Waals surface area contributed by atoms with E-state index in [0.29, 0.717) is 5.56 Å². The van der Waals surface area contributed by atoms with Crippen LogP contribution in [0.25, 0.3) is 0 Å². The van der Waals surface area contributed by atoms with Crippen LogP contribution in [0.2, 0.25) is 0 Å². The summed E-state index contributed by atoms with van der Waals surface area (Å²) in [5, 5.41) is 18.1. The van der Waals surface area contributed by atoms with E-state index >= 15 is 0 Å². The van der Waals surface area contributed by atoms with Gasteiger partial charge in [0, 0.05) is 5.56 Å². The van der Waals surface area contributed by atoms with Crippen molar-refractivity contribution in [1.29, 1.82) is 0 Å². The summed E-state index contributed by atoms with van der Waals surface area (Å²) in [5.41, 5.74) is 0.592. The van der Waals surface area contributed by atoms with Crippen LogP contribution in [0.15, 0.2) is 6.07 Å². The van der Waals surface area contributed by atoms with E-state index in [2.05, 4.69) is 4.74 Å². The average Bonchev–Trinajstić information content (AvgIpc) is 2.12. The predicted octanol–water partition coefficient (Wildman–Crippen LogP) is 1.34. The predicted molar refractivity (Wildman–Crippen MR) is 45.3 cm³/mol. The number of aliphatic hydroxyl groups excluding tert-OH is 1. The van der Waals surface area contributed by atoms with Crippen molar-refractivity contribution in [2.45, 2.75) is 13.5 Å². The van der Waals surface area contributed by atoms with E-state index in [1.807, 2.05) is 0 Å². The van der Waals surface area contributed by atoms with Crippen LogP contribution in [0.3, 0.4) is 0 Å². The third kappa shape index (κ3) is 1.58. The first-order valence-electron chi connectivity index (χ1n) is 3.77. The highest BCUT2D eigenvalue weighted by Gasteiger charge is 2.15. The summed E-state index contributed by atoms with van der Waals surface area (Å²) < 4.78 is 17.9. The average molecular weight is 186 g/mol. The lowest BCUT2D eigenvalue weighted by atomic mass is 10.1. The van der Waals surface area contributed by atoms with E-state index in [9.17, 15) is 9.50 Å². The van der Waals surface area contributed by atoms with Crippen molar-refractivity contribution in [2.24, 2.45) is 0 Å². The van der Waals surface area contributed by atoms with Crippen LogP contribution >= 0.6 is 0 Å². The van der Waals surface area contributed by atoms with Crippen molar-refractivity contribution in [3.8, 4) is 11.5 Å². The maximum absolute atomic E-state index is 13.3. The zero-order chi connectivity index (χ0) is 10.0. The van der Waals surface area contributed by atoms with Gasteiger partial charge in [-0.15, -0.1) is 0 Å². The molecule has 0 fully saturated rings. The largest absolute Gasteiger partial charge is 0.504 e. The number of hydrogen-bond acceptors (Lipinski definition) is 3. The van der Waals surface area contributed by atoms with Crippen molar-refractivity contribution < 1.29 is 19.3 Å². The molecule has 0 saturated heterocycles. The number of aliphatic hydroxyl groups is 1. The molecule has 0 bridgehead atoms. The molecule has 0 saturated carbocycles. The molecule has 0 atom stereocenters. The van der Waals surface area contributed by atoms with Crippen LogP contribution in [-0.2, 0) is 6.61 Å². The van der Waals surface area contributed by atoms with Gasteiger partial charge in [0.2, 0.25) is 0 Å². The number of hydrogen-bond donors (Lipinski definition) is 2. The molecule has 1 aromatic rings. The van der Waals surface area contributed by atoms with Gasteiger partial charge in [0.05, 0.1) is 13.7 Å². The van der Waals surface area contributed by atoms with Crippen LogP contribution in [0.4, 0.5) is 4.39 Å². The van der Waals surface area contributed by atoms with Crippen molar-refractivity contribution in [3.05, 3.63) is 23.0 Å². The smallest absolute Gasteiger partial charge is 0.197 e. The first-order chi connectivity index (χ1) is 6.11. The Hall–Kier alpha value is -1.29. The van der Waals surface area contributed by atoms with E-state index in [4.69, 9.17) is 5.11 Å². The summed E-state index contributed by atoms with van der Waals surface area (Å²) in [4.78, 5) is 0. The fourth-order valence-electron chi connectivity index (χ4n) is 1.12. The molecular formula is C9H11FO3. The fourth-order valence-corrected chi connectivity index (χ4v) is 1.12. The van der Waals surface area contributed by atoms with Crippen molar-refractivity contribution >= 4 is 0 Å². The summed E-state index contributed by atoms with van der Waals surface area (Å²) in [5.74, 6) is -1.16. The second-order valence-electron chi connectivity index (χ2n) is 2.71. The van der Waals surface area contributed by atoms with Gasteiger partial charge in [0.1, 0.15) is 0 Å². The summed E-state index contributed by atoms with van der Waals surface area (Å²) in [6.07, 6.45) is 0. The Balaban J connectivity index is 3.39. The number of benzene rings is 1. The maximum atomic E-state index is 13.3. The maximum Gasteiger partial charge on any atom is 0.197 e. The minimum atomic E-state index is -0.715. The van der Waals surface area contributed by atoms with E-state index in [0.717, 1.165) is 0 Å². The summed E-state index contributed by atoms with van der Waals surface area (Å²) in [6.45, 7) is 1.19. The molecule has 3 nitrogen and oxygen atoms in total. The standard InChI is InChI=1S/C9H11FO3/c1-5-3-6(4-11)7(10)9(13-2)8(5)12/h3,11-12H,4H2,1-2H3. The monoisotopic (exact) mass is 186 g/mol. The van der Waals surface area contributed by atoms with Crippen molar-refractivity contribution in [1.82, 2.24) is 0 Å². The highest BCUT2D eigenvalue weighted by atomic mass is 19.1. The van der Waals surface area contributed by atoms with Crippen molar-refractivity contribution in [3.63, 3.8) is 0 Å². The highest BCUT2D eigenvalue weighted by molar-refractivity contribution is 5.48. The van der Waals surface area contributed by atoms with Gasteiger partial charge in [0.15, 0.2) is 17.3 Å². The number of aryl methyl sites for hydroxylation is 1. The fraction of sp³-hybridized carbons (Fsp3) is 0.333. The molecule has 0 aromatic heterocycles. The van der Waals surface area contributed by atoms with E-state index < -0.39 is 12.4 Å². The topological polar surface area (TPSA) is 49.7 Å². The van der Waals surface area contributed by atoms with Gasteiger partial charge in [-0.1, -0.05) is 0 Å². The molecule has 0 aliphatic heterocycles. The molecule has 1 aromatic carbocycles. The van der Waals surface area contributed by atoms with Gasteiger partial charge in [-0.05, 0) is 18.6 Å². The molecule has 0 radical (unpaired) electrons. The Morgan fingerprint density at radius 2 is 2.15 bits per heavy atom. The highest BCUT2D eigenvalue weighted by Crippen LogP contribution is 2.34. The first-order valence-corrected chi connectivity index (χ1v) is 3.77. The molecule has 0 aliphatic carbocycles. The molecule has 72 valence electrons. The quantitative estimate of drug-likeness (QED) is 0.732. The van der Waals surface area contributed by atoms with E-state index in [1.54, 1.807) is 6.92 Å². The number of rotatable bonds is 2. The van der Waals surface area contributed by atoms with Gasteiger partial charge in [0.25, 0.3) is 0 Å². The number of aromatic hydroxyl groups is 1. The molecule has 0 unspecified atom stereocenters. The molecule has 13 heavy (non-hydrogen) atoms. The molecular weight excluding hydrogens is 175 g/mol. The number of phenolic OH excluding ortho intramolecular Hbond substituents is 1. The van der Waals surface area contributed by atoms with Gasteiger partial charge in [-0.3, -0.25) is 0 Å². The Kier molecular flexibility index (Phi) is 2.72. The number of phenols is 1. The second kappa shape index (κ2) is 3.62. The third-order valence-corrected chi connectivity index (χ3v) is 1.84. The number of halogens is 1. The van der Waals surface area contributed by atoms with Crippen LogP contribution in [0.5, 0.6) is 11.5 Å². The Labute approximate surface area is 75.4 Å². The minimum absolute atomic E-state index is 0.118. The molecule has 2 N–H and O–H groups in total. The second-order valence-corrected chi connectivity index (χ2v) is 2.71. The molecule has 0 heterocycles. The Bertz CT molecular complexity index is 323. The Morgan fingerprint density at radius 3 is 2.62 bits per heavy atom. The SMILES string of the molecule is COc1c(O)c(C)cc(CO)c1F. The van der Waals surface area contributed by atoms with Gasteiger partial charge >= 0.3 is 0 Å². The lowest BCUT2D eigenvalue weighted by Crippen LogP contribution is -1.97. The molecule has 0 amide bonds. The summed E-state index contributed by atoms with van der Waals surface area (Å²) >= 11 is 0. The van der Waals surface area contributed by atoms with Gasteiger partial charge < -0.3 is 14.9 Å². The molecule has 0 aliphatic rings. The number of methoxy groups -OCH3 is 1. The lowest BCUT2D eigenvalue weighted by molar-refractivity contribution is 0.270. The van der Waals surface area contributed by atoms with E-state index in [-0.39, 0.29) is 17.1 Å². The van der Waals surface area contributed by atoms with Crippen LogP contribution in [0, 0.1) is 12.7 Å².